The van der Waals surface area contributed by atoms with Gasteiger partial charge in [0.25, 0.3) is 0 Å². The number of nitrogens with one attached hydrogen (secondary N) is 2. The second-order valence-corrected chi connectivity index (χ2v) is 6.34. The number of nitrogens with zero attached hydrogens (tertiary/aromatic N) is 5. The Bertz CT molecular complexity index is 648. The van der Waals surface area contributed by atoms with E-state index in [1.807, 2.05) is 6.92 Å². The number of thioether (sulfide) groups is 1. The summed E-state index contributed by atoms with van der Waals surface area (Å²) >= 11 is 1.33. The van der Waals surface area contributed by atoms with Gasteiger partial charge in [0.1, 0.15) is 5.82 Å². The Morgan fingerprint density at radius 2 is 2.30 bits per heavy atom. The summed E-state index contributed by atoms with van der Waals surface area (Å²) in [6.07, 6.45) is 5.45. The fourth-order valence-corrected chi connectivity index (χ4v) is 3.17. The summed E-state index contributed by atoms with van der Waals surface area (Å²) in [4.78, 5) is 26.9. The summed E-state index contributed by atoms with van der Waals surface area (Å²) in [6, 6.07) is 1.92. The van der Waals surface area contributed by atoms with Crippen LogP contribution in [0.1, 0.15) is 18.7 Å². The second-order valence-electron chi connectivity index (χ2n) is 5.39. The lowest BCUT2D eigenvalue weighted by Gasteiger charge is -2.33. The van der Waals surface area contributed by atoms with Gasteiger partial charge < -0.3 is 10.2 Å². The first-order valence-electron chi connectivity index (χ1n) is 7.54. The Kier molecular flexibility index (Phi) is 5.06. The molecular weight excluding hydrogens is 314 g/mol. The number of aromatic amines is 1. The molecule has 0 bridgehead atoms. The highest BCUT2D eigenvalue weighted by atomic mass is 32.2. The van der Waals surface area contributed by atoms with Crippen molar-refractivity contribution in [3.8, 4) is 0 Å². The number of carbonyl (C=O) groups is 1. The van der Waals surface area contributed by atoms with E-state index in [1.165, 1.54) is 11.8 Å². The van der Waals surface area contributed by atoms with E-state index in [0.29, 0.717) is 10.9 Å². The van der Waals surface area contributed by atoms with Crippen molar-refractivity contribution in [1.82, 2.24) is 30.5 Å². The van der Waals surface area contributed by atoms with Gasteiger partial charge in [-0.1, -0.05) is 11.8 Å². The highest BCUT2D eigenvalue weighted by Gasteiger charge is 2.23. The zero-order chi connectivity index (χ0) is 16.1. The minimum atomic E-state index is -0.00159. The van der Waals surface area contributed by atoms with Crippen LogP contribution in [0.15, 0.2) is 23.6 Å². The van der Waals surface area contributed by atoms with Crippen molar-refractivity contribution in [2.45, 2.75) is 31.0 Å². The normalized spacial score (nSPS) is 18.0. The van der Waals surface area contributed by atoms with Crippen molar-refractivity contribution in [2.24, 2.45) is 0 Å². The number of hydrogen-bond acceptors (Lipinski definition) is 7. The summed E-state index contributed by atoms with van der Waals surface area (Å²) in [5.74, 6) is 1.78. The van der Waals surface area contributed by atoms with Crippen LogP contribution in [0, 0.1) is 6.92 Å². The molecule has 1 atom stereocenters. The molecule has 0 unspecified atom stereocenters. The molecule has 3 heterocycles. The molecule has 0 radical (unpaired) electrons. The van der Waals surface area contributed by atoms with Gasteiger partial charge >= 0.3 is 0 Å². The molecular formula is C14H19N7OS. The van der Waals surface area contributed by atoms with Crippen LogP contribution in [-0.2, 0) is 4.79 Å². The third-order valence-electron chi connectivity index (χ3n) is 3.53. The van der Waals surface area contributed by atoms with Crippen LogP contribution in [0.2, 0.25) is 0 Å². The molecule has 8 nitrogen and oxygen atoms in total. The maximum Gasteiger partial charge on any atom is 0.230 e. The number of anilines is 1. The molecule has 1 fully saturated rings. The number of aromatic nitrogens is 5. The highest BCUT2D eigenvalue weighted by molar-refractivity contribution is 7.99. The molecule has 0 aliphatic carbocycles. The first-order valence-corrected chi connectivity index (χ1v) is 8.52. The van der Waals surface area contributed by atoms with Crippen LogP contribution in [0.3, 0.4) is 0 Å². The molecule has 2 aromatic rings. The first-order chi connectivity index (χ1) is 11.2. The molecule has 9 heteroatoms. The van der Waals surface area contributed by atoms with Crippen molar-refractivity contribution in [2.75, 3.05) is 23.7 Å². The number of amides is 1. The maximum absolute atomic E-state index is 12.1. The fourth-order valence-electron chi connectivity index (χ4n) is 2.52. The standard InChI is InChI=1S/C14H19N7OS/c1-10-17-14(20-19-10)23-9-12(22)18-11-4-2-7-21(8-11)13-15-5-3-6-16-13/h3,5-6,11H,2,4,7-9H2,1H3,(H,18,22)(H,17,19,20)/t11-/m0/s1. The van der Waals surface area contributed by atoms with Crippen molar-refractivity contribution in [3.05, 3.63) is 24.3 Å². The topological polar surface area (TPSA) is 99.7 Å². The van der Waals surface area contributed by atoms with Crippen molar-refractivity contribution < 1.29 is 4.79 Å². The molecule has 23 heavy (non-hydrogen) atoms. The van der Waals surface area contributed by atoms with Crippen LogP contribution >= 0.6 is 11.8 Å². The van der Waals surface area contributed by atoms with Gasteiger partial charge in [-0.05, 0) is 25.8 Å². The smallest absolute Gasteiger partial charge is 0.230 e. The van der Waals surface area contributed by atoms with Gasteiger partial charge in [0.05, 0.1) is 5.75 Å². The zero-order valence-corrected chi connectivity index (χ0v) is 13.7. The van der Waals surface area contributed by atoms with Gasteiger partial charge in [-0.15, -0.1) is 5.10 Å². The van der Waals surface area contributed by atoms with E-state index in [-0.39, 0.29) is 11.9 Å². The largest absolute Gasteiger partial charge is 0.351 e. The van der Waals surface area contributed by atoms with Crippen LogP contribution in [0.25, 0.3) is 0 Å². The van der Waals surface area contributed by atoms with E-state index in [1.54, 1.807) is 18.5 Å². The van der Waals surface area contributed by atoms with Gasteiger partial charge in [0.15, 0.2) is 0 Å². The molecule has 3 rings (SSSR count). The summed E-state index contributed by atoms with van der Waals surface area (Å²) in [5.41, 5.74) is 0. The third-order valence-corrected chi connectivity index (χ3v) is 4.38. The summed E-state index contributed by atoms with van der Waals surface area (Å²) in [6.45, 7) is 3.49. The Morgan fingerprint density at radius 3 is 3.04 bits per heavy atom. The Morgan fingerprint density at radius 1 is 1.48 bits per heavy atom. The van der Waals surface area contributed by atoms with E-state index in [9.17, 15) is 4.79 Å². The molecule has 1 aliphatic rings. The average molecular weight is 333 g/mol. The van der Waals surface area contributed by atoms with Crippen LogP contribution in [-0.4, -0.2) is 55.9 Å². The quantitative estimate of drug-likeness (QED) is 0.780. The van der Waals surface area contributed by atoms with E-state index in [0.717, 1.165) is 37.7 Å². The lowest BCUT2D eigenvalue weighted by molar-refractivity contribution is -0.119. The molecule has 122 valence electrons. The first kappa shape index (κ1) is 15.7. The lowest BCUT2D eigenvalue weighted by atomic mass is 10.1. The molecule has 1 amide bonds. The van der Waals surface area contributed by atoms with Crippen molar-refractivity contribution >= 4 is 23.6 Å². The van der Waals surface area contributed by atoms with E-state index in [4.69, 9.17) is 0 Å². The van der Waals surface area contributed by atoms with Gasteiger partial charge in [-0.25, -0.2) is 15.0 Å². The monoisotopic (exact) mass is 333 g/mol. The third kappa shape index (κ3) is 4.41. The summed E-state index contributed by atoms with van der Waals surface area (Å²) in [7, 11) is 0. The van der Waals surface area contributed by atoms with Gasteiger partial charge in [0, 0.05) is 31.5 Å². The molecule has 0 spiro atoms. The number of carbonyl (C=O) groups excluding carboxylic acids is 1. The molecule has 0 aromatic carbocycles. The highest BCUT2D eigenvalue weighted by Crippen LogP contribution is 2.16. The fraction of sp³-hybridized carbons (Fsp3) is 0.500. The number of rotatable bonds is 5. The minimum Gasteiger partial charge on any atom is -0.351 e. The van der Waals surface area contributed by atoms with E-state index >= 15 is 0 Å². The predicted molar refractivity (Wildman–Crippen MR) is 87.3 cm³/mol. The SMILES string of the molecule is Cc1nc(SCC(=O)N[C@H]2CCCN(c3ncccn3)C2)n[nH]1. The molecule has 1 saturated heterocycles. The summed E-state index contributed by atoms with van der Waals surface area (Å²) < 4.78 is 0. The lowest BCUT2D eigenvalue weighted by Crippen LogP contribution is -2.48. The number of hydrogen-bond donors (Lipinski definition) is 2. The minimum absolute atomic E-state index is 0.00159. The van der Waals surface area contributed by atoms with Gasteiger partial charge in [-0.2, -0.15) is 0 Å². The predicted octanol–water partition coefficient (Wildman–Crippen LogP) is 0.780. The Labute approximate surface area is 138 Å². The maximum atomic E-state index is 12.1. The van der Waals surface area contributed by atoms with Crippen molar-refractivity contribution in [3.63, 3.8) is 0 Å². The second kappa shape index (κ2) is 7.40. The molecule has 1 aliphatic heterocycles. The summed E-state index contributed by atoms with van der Waals surface area (Å²) in [5, 5.41) is 10.4. The van der Waals surface area contributed by atoms with E-state index < -0.39 is 0 Å². The van der Waals surface area contributed by atoms with E-state index in [2.05, 4.69) is 35.4 Å². The Hall–Kier alpha value is -2.16. The van der Waals surface area contributed by atoms with Crippen molar-refractivity contribution in [1.29, 1.82) is 0 Å². The number of piperidine rings is 1. The van der Waals surface area contributed by atoms with Gasteiger partial charge in [-0.3, -0.25) is 9.89 Å². The molecule has 2 N–H and O–H groups in total. The van der Waals surface area contributed by atoms with Crippen LogP contribution in [0.4, 0.5) is 5.95 Å². The van der Waals surface area contributed by atoms with Gasteiger partial charge in [0.2, 0.25) is 17.0 Å². The zero-order valence-electron chi connectivity index (χ0n) is 12.9. The number of aryl methyl sites for hydroxylation is 1. The Balaban J connectivity index is 1.48. The van der Waals surface area contributed by atoms with Crippen LogP contribution in [0.5, 0.6) is 0 Å². The van der Waals surface area contributed by atoms with Crippen LogP contribution < -0.4 is 10.2 Å². The molecule has 0 saturated carbocycles. The average Bonchev–Trinajstić information content (AvgIpc) is 3.00. The molecule has 2 aromatic heterocycles. The number of H-pyrrole nitrogens is 1.